The number of rotatable bonds is 1. The van der Waals surface area contributed by atoms with E-state index in [0.29, 0.717) is 6.54 Å². The van der Waals surface area contributed by atoms with Crippen LogP contribution in [0, 0.1) is 11.3 Å². The first-order chi connectivity index (χ1) is 6.79. The predicted octanol–water partition coefficient (Wildman–Crippen LogP) is 1.48. The third-order valence-corrected chi connectivity index (χ3v) is 2.06. The molecule has 1 aliphatic heterocycles. The second kappa shape index (κ2) is 3.35. The van der Waals surface area contributed by atoms with E-state index in [0.717, 1.165) is 11.1 Å². The van der Waals surface area contributed by atoms with Crippen molar-refractivity contribution in [3.63, 3.8) is 0 Å². The van der Waals surface area contributed by atoms with E-state index in [9.17, 15) is 4.79 Å². The van der Waals surface area contributed by atoms with Crippen molar-refractivity contribution in [2.75, 3.05) is 0 Å². The highest BCUT2D eigenvalue weighted by Gasteiger charge is 2.01. The van der Waals surface area contributed by atoms with Gasteiger partial charge in [0.1, 0.15) is 6.54 Å². The van der Waals surface area contributed by atoms with Crippen LogP contribution in [0.5, 0.6) is 0 Å². The van der Waals surface area contributed by atoms with E-state index in [-0.39, 0.29) is 5.43 Å². The van der Waals surface area contributed by atoms with Gasteiger partial charge in [-0.05, 0) is 35.4 Å². The van der Waals surface area contributed by atoms with Gasteiger partial charge in [-0.1, -0.05) is 0 Å². The van der Waals surface area contributed by atoms with Crippen LogP contribution >= 0.6 is 0 Å². The summed E-state index contributed by atoms with van der Waals surface area (Å²) in [6, 6.07) is 8.79. The molecule has 0 fully saturated rings. The molecule has 0 N–H and O–H groups in total. The molecule has 0 aromatic carbocycles. The van der Waals surface area contributed by atoms with Gasteiger partial charge in [0.15, 0.2) is 5.43 Å². The molecule has 2 aliphatic rings. The first-order valence-electron chi connectivity index (χ1n) is 4.26. The van der Waals surface area contributed by atoms with Gasteiger partial charge in [-0.25, -0.2) is 0 Å². The number of pyridine rings is 1. The standard InChI is InChI=1S/C11H8N2O/c12-4-6-13-5-3-9-7-11(14)2-1-10(9)8-13/h1-3,5,7-8H,6H2. The number of hydrogen-bond acceptors (Lipinski definition) is 2. The normalized spacial score (nSPS) is 9.93. The molecule has 14 heavy (non-hydrogen) atoms. The summed E-state index contributed by atoms with van der Waals surface area (Å²) in [5.74, 6) is 0. The van der Waals surface area contributed by atoms with Gasteiger partial charge in [-0.15, -0.1) is 0 Å². The summed E-state index contributed by atoms with van der Waals surface area (Å²) < 4.78 is 1.78. The fourth-order valence-corrected chi connectivity index (χ4v) is 1.39. The van der Waals surface area contributed by atoms with Gasteiger partial charge >= 0.3 is 0 Å². The Morgan fingerprint density at radius 2 is 2.14 bits per heavy atom. The van der Waals surface area contributed by atoms with Gasteiger partial charge in [0, 0.05) is 12.4 Å². The second-order valence-electron chi connectivity index (χ2n) is 3.07. The van der Waals surface area contributed by atoms with E-state index in [1.165, 1.54) is 6.07 Å². The van der Waals surface area contributed by atoms with E-state index in [4.69, 9.17) is 5.26 Å². The summed E-state index contributed by atoms with van der Waals surface area (Å²) in [7, 11) is 0. The van der Waals surface area contributed by atoms with Gasteiger partial charge in [-0.3, -0.25) is 4.79 Å². The summed E-state index contributed by atoms with van der Waals surface area (Å²) in [6.07, 6.45) is 3.66. The van der Waals surface area contributed by atoms with Crippen LogP contribution in [0.25, 0.3) is 11.1 Å². The SMILES string of the molecule is N#CCn1ccc2cc(=O)ccc-2c1. The molecule has 0 bridgehead atoms. The molecule has 1 heterocycles. The molecule has 0 unspecified atom stereocenters. The molecular weight excluding hydrogens is 176 g/mol. The van der Waals surface area contributed by atoms with Crippen molar-refractivity contribution in [3.05, 3.63) is 46.9 Å². The molecule has 3 heteroatoms. The second-order valence-corrected chi connectivity index (χ2v) is 3.07. The van der Waals surface area contributed by atoms with Gasteiger partial charge in [0.05, 0.1) is 6.07 Å². The lowest BCUT2D eigenvalue weighted by Crippen LogP contribution is -2.01. The van der Waals surface area contributed by atoms with E-state index in [1.54, 1.807) is 22.9 Å². The van der Waals surface area contributed by atoms with Crippen molar-refractivity contribution in [2.24, 2.45) is 0 Å². The Balaban J connectivity index is 2.58. The maximum absolute atomic E-state index is 11.0. The molecule has 0 aromatic rings. The van der Waals surface area contributed by atoms with Crippen molar-refractivity contribution in [2.45, 2.75) is 6.54 Å². The lowest BCUT2D eigenvalue weighted by Gasteiger charge is -2.07. The smallest absolute Gasteiger partial charge is 0.179 e. The average Bonchev–Trinajstić information content (AvgIpc) is 2.19. The fraction of sp³-hybridized carbons (Fsp3) is 0.0909. The van der Waals surface area contributed by atoms with Crippen molar-refractivity contribution in [3.8, 4) is 17.2 Å². The molecule has 0 radical (unpaired) electrons. The van der Waals surface area contributed by atoms with E-state index >= 15 is 0 Å². The summed E-state index contributed by atoms with van der Waals surface area (Å²) in [5, 5.41) is 8.52. The quantitative estimate of drug-likeness (QED) is 0.673. The fourth-order valence-electron chi connectivity index (χ4n) is 1.39. The Bertz CT molecular complexity index is 522. The third-order valence-electron chi connectivity index (χ3n) is 2.06. The van der Waals surface area contributed by atoms with Crippen LogP contribution in [-0.2, 0) is 6.54 Å². The number of nitriles is 1. The van der Waals surface area contributed by atoms with Gasteiger partial charge in [0.25, 0.3) is 0 Å². The lowest BCUT2D eigenvalue weighted by molar-refractivity contribution is 0.824. The number of fused-ring (bicyclic) bond motifs is 1. The zero-order valence-electron chi connectivity index (χ0n) is 7.47. The molecule has 3 nitrogen and oxygen atoms in total. The highest BCUT2D eigenvalue weighted by atomic mass is 16.1. The van der Waals surface area contributed by atoms with Crippen molar-refractivity contribution >= 4 is 0 Å². The van der Waals surface area contributed by atoms with Crippen molar-refractivity contribution in [1.29, 1.82) is 5.26 Å². The third kappa shape index (κ3) is 1.50. The Hall–Kier alpha value is -2.08. The predicted molar refractivity (Wildman–Crippen MR) is 52.9 cm³/mol. The van der Waals surface area contributed by atoms with E-state index in [1.807, 2.05) is 12.3 Å². The largest absolute Gasteiger partial charge is 0.340 e. The number of hydrogen-bond donors (Lipinski definition) is 0. The zero-order chi connectivity index (χ0) is 9.97. The monoisotopic (exact) mass is 184 g/mol. The van der Waals surface area contributed by atoms with Crippen LogP contribution in [0.3, 0.4) is 0 Å². The Morgan fingerprint density at radius 3 is 2.93 bits per heavy atom. The first-order valence-corrected chi connectivity index (χ1v) is 4.26. The van der Waals surface area contributed by atoms with Gasteiger partial charge in [0.2, 0.25) is 0 Å². The lowest BCUT2D eigenvalue weighted by atomic mass is 10.1. The Morgan fingerprint density at radius 1 is 1.29 bits per heavy atom. The molecule has 0 amide bonds. The molecule has 1 aliphatic carbocycles. The first kappa shape index (κ1) is 8.52. The maximum atomic E-state index is 11.0. The summed E-state index contributed by atoms with van der Waals surface area (Å²) in [6.45, 7) is 0.328. The number of benzene rings is 1. The molecule has 68 valence electrons. The Kier molecular flexibility index (Phi) is 2.04. The molecule has 0 saturated heterocycles. The minimum atomic E-state index is 0.00975. The summed E-state index contributed by atoms with van der Waals surface area (Å²) in [5.41, 5.74) is 1.89. The van der Waals surface area contributed by atoms with Gasteiger partial charge < -0.3 is 4.57 Å². The maximum Gasteiger partial charge on any atom is 0.179 e. The van der Waals surface area contributed by atoms with E-state index < -0.39 is 0 Å². The molecule has 0 aromatic heterocycles. The summed E-state index contributed by atoms with van der Waals surface area (Å²) in [4.78, 5) is 11.0. The average molecular weight is 184 g/mol. The highest BCUT2D eigenvalue weighted by Crippen LogP contribution is 2.17. The highest BCUT2D eigenvalue weighted by molar-refractivity contribution is 5.63. The van der Waals surface area contributed by atoms with Crippen LogP contribution in [-0.4, -0.2) is 4.57 Å². The van der Waals surface area contributed by atoms with Crippen LogP contribution in [0.4, 0.5) is 0 Å². The molecule has 0 saturated carbocycles. The molecule has 0 spiro atoms. The number of nitrogens with zero attached hydrogens (tertiary/aromatic N) is 2. The van der Waals surface area contributed by atoms with Crippen LogP contribution in [0.1, 0.15) is 0 Å². The van der Waals surface area contributed by atoms with Crippen LogP contribution in [0.15, 0.2) is 41.5 Å². The molecule has 2 rings (SSSR count). The number of aromatic nitrogens is 1. The Labute approximate surface area is 81.2 Å². The van der Waals surface area contributed by atoms with Crippen molar-refractivity contribution < 1.29 is 0 Å². The molecular formula is C11H8N2O. The minimum Gasteiger partial charge on any atom is -0.340 e. The minimum absolute atomic E-state index is 0.00975. The van der Waals surface area contributed by atoms with Crippen molar-refractivity contribution in [1.82, 2.24) is 4.57 Å². The summed E-state index contributed by atoms with van der Waals surface area (Å²) >= 11 is 0. The zero-order valence-corrected chi connectivity index (χ0v) is 7.47. The van der Waals surface area contributed by atoms with Crippen LogP contribution < -0.4 is 5.43 Å². The van der Waals surface area contributed by atoms with Crippen LogP contribution in [0.2, 0.25) is 0 Å². The topological polar surface area (TPSA) is 45.8 Å². The van der Waals surface area contributed by atoms with E-state index in [2.05, 4.69) is 6.07 Å². The molecule has 0 atom stereocenters. The van der Waals surface area contributed by atoms with Gasteiger partial charge in [-0.2, -0.15) is 5.26 Å².